The molecular weight excluding hydrogens is 454 g/mol. The van der Waals surface area contributed by atoms with E-state index in [0.717, 1.165) is 0 Å². The molecule has 0 amide bonds. The Morgan fingerprint density at radius 2 is 1.36 bits per heavy atom. The maximum atomic E-state index is 12.0. The van der Waals surface area contributed by atoms with Crippen LogP contribution in [0.1, 0.15) is 17.5 Å². The van der Waals surface area contributed by atoms with E-state index in [1.165, 1.54) is 13.0 Å². The van der Waals surface area contributed by atoms with E-state index in [2.05, 4.69) is 0 Å². The Balaban J connectivity index is 2.37. The molecule has 6 nitrogen and oxygen atoms in total. The standard InChI is InChI=1S/C18H10Cl4O6/c1-7(23)11-6-10-12(27-17(24)15(19)20)8-4-2-3-5-9(8)13(14(10)26-11)28-18(25)16(21)22/h2-6,15-16H,1H3. The highest BCUT2D eigenvalue weighted by molar-refractivity contribution is 6.53. The quantitative estimate of drug-likeness (QED) is 0.223. The number of ketones is 1. The molecule has 0 aliphatic rings. The van der Waals surface area contributed by atoms with Gasteiger partial charge in [0.15, 0.2) is 22.9 Å². The van der Waals surface area contributed by atoms with Gasteiger partial charge in [-0.2, -0.15) is 0 Å². The molecule has 28 heavy (non-hydrogen) atoms. The van der Waals surface area contributed by atoms with Crippen molar-refractivity contribution in [1.82, 2.24) is 0 Å². The van der Waals surface area contributed by atoms with Crippen molar-refractivity contribution in [2.24, 2.45) is 0 Å². The molecule has 0 saturated heterocycles. The number of esters is 2. The SMILES string of the molecule is CC(=O)c1cc2c(OC(=O)C(Cl)Cl)c3ccccc3c(OC(=O)C(Cl)Cl)c2o1. The molecule has 0 unspecified atom stereocenters. The number of ether oxygens (including phenoxy) is 2. The average molecular weight is 464 g/mol. The number of fused-ring (bicyclic) bond motifs is 2. The van der Waals surface area contributed by atoms with E-state index in [9.17, 15) is 14.4 Å². The molecule has 3 rings (SSSR count). The van der Waals surface area contributed by atoms with E-state index in [1.807, 2.05) is 0 Å². The number of hydrogen-bond acceptors (Lipinski definition) is 6. The van der Waals surface area contributed by atoms with Crippen LogP contribution in [-0.2, 0) is 9.59 Å². The predicted octanol–water partition coefficient (Wildman–Crippen LogP) is 5.21. The van der Waals surface area contributed by atoms with Crippen molar-refractivity contribution in [3.8, 4) is 11.5 Å². The Labute approximate surface area is 178 Å². The lowest BCUT2D eigenvalue weighted by atomic mass is 10.0. The zero-order valence-corrected chi connectivity index (χ0v) is 17.0. The van der Waals surface area contributed by atoms with Crippen LogP contribution in [0.15, 0.2) is 34.7 Å². The van der Waals surface area contributed by atoms with Gasteiger partial charge in [-0.15, -0.1) is 0 Å². The second-order valence-electron chi connectivity index (χ2n) is 5.56. The van der Waals surface area contributed by atoms with Gasteiger partial charge < -0.3 is 13.9 Å². The summed E-state index contributed by atoms with van der Waals surface area (Å²) in [6.45, 7) is 1.29. The van der Waals surface area contributed by atoms with Crippen LogP contribution < -0.4 is 9.47 Å². The largest absolute Gasteiger partial charge is 0.449 e. The van der Waals surface area contributed by atoms with Crippen LogP contribution in [0.3, 0.4) is 0 Å². The number of furan rings is 1. The Morgan fingerprint density at radius 3 is 1.86 bits per heavy atom. The van der Waals surface area contributed by atoms with E-state index in [-0.39, 0.29) is 28.2 Å². The second kappa shape index (κ2) is 8.17. The summed E-state index contributed by atoms with van der Waals surface area (Å²) < 4.78 is 16.2. The zero-order chi connectivity index (χ0) is 20.6. The Hall–Kier alpha value is -1.99. The van der Waals surface area contributed by atoms with Gasteiger partial charge in [-0.3, -0.25) is 4.79 Å². The topological polar surface area (TPSA) is 82.8 Å². The van der Waals surface area contributed by atoms with Crippen LogP contribution in [0.4, 0.5) is 0 Å². The molecule has 0 spiro atoms. The molecule has 1 heterocycles. The third kappa shape index (κ3) is 3.91. The minimum atomic E-state index is -1.44. The van der Waals surface area contributed by atoms with Crippen molar-refractivity contribution < 1.29 is 28.3 Å². The summed E-state index contributed by atoms with van der Waals surface area (Å²) in [7, 11) is 0. The maximum absolute atomic E-state index is 12.0. The third-order valence-corrected chi connectivity index (χ3v) is 4.42. The molecule has 0 N–H and O–H groups in total. The number of carbonyl (C=O) groups is 3. The smallest absolute Gasteiger partial charge is 0.344 e. The first-order chi connectivity index (χ1) is 13.2. The fourth-order valence-electron chi connectivity index (χ4n) is 2.55. The maximum Gasteiger partial charge on any atom is 0.344 e. The number of carbonyl (C=O) groups excluding carboxylic acids is 3. The number of hydrogen-bond donors (Lipinski definition) is 0. The van der Waals surface area contributed by atoms with E-state index in [1.54, 1.807) is 24.3 Å². The van der Waals surface area contributed by atoms with Crippen molar-refractivity contribution in [3.05, 3.63) is 36.1 Å². The number of rotatable bonds is 5. The van der Waals surface area contributed by atoms with Gasteiger partial charge in [0.1, 0.15) is 5.75 Å². The minimum Gasteiger partial charge on any atom is -0.449 e. The molecule has 3 aromatic rings. The van der Waals surface area contributed by atoms with E-state index in [4.69, 9.17) is 60.3 Å². The van der Waals surface area contributed by atoms with Gasteiger partial charge in [-0.1, -0.05) is 70.7 Å². The van der Waals surface area contributed by atoms with Crippen molar-refractivity contribution in [3.63, 3.8) is 0 Å². The Bertz CT molecular complexity index is 1020. The van der Waals surface area contributed by atoms with Gasteiger partial charge in [0.05, 0.1) is 5.39 Å². The van der Waals surface area contributed by atoms with Crippen LogP contribution >= 0.6 is 46.4 Å². The summed E-state index contributed by atoms with van der Waals surface area (Å²) in [5, 5.41) is 0.941. The zero-order valence-electron chi connectivity index (χ0n) is 14.0. The van der Waals surface area contributed by atoms with Crippen LogP contribution in [-0.4, -0.2) is 27.4 Å². The second-order valence-corrected chi connectivity index (χ2v) is 7.75. The first-order valence-electron chi connectivity index (χ1n) is 7.69. The fourth-order valence-corrected chi connectivity index (χ4v) is 2.73. The lowest BCUT2D eigenvalue weighted by Crippen LogP contribution is -2.17. The summed E-state index contributed by atoms with van der Waals surface area (Å²) in [5.74, 6) is -2.28. The highest BCUT2D eigenvalue weighted by atomic mass is 35.5. The first kappa shape index (κ1) is 20.7. The normalized spacial score (nSPS) is 11.4. The van der Waals surface area contributed by atoms with Crippen molar-refractivity contribution in [2.75, 3.05) is 0 Å². The molecule has 0 aliphatic carbocycles. The molecule has 2 aromatic carbocycles. The lowest BCUT2D eigenvalue weighted by Gasteiger charge is -2.13. The molecule has 0 aliphatic heterocycles. The average Bonchev–Trinajstić information content (AvgIpc) is 3.09. The first-order valence-corrected chi connectivity index (χ1v) is 9.44. The molecule has 0 bridgehead atoms. The van der Waals surface area contributed by atoms with Crippen molar-refractivity contribution in [1.29, 1.82) is 0 Å². The summed E-state index contributed by atoms with van der Waals surface area (Å²) in [4.78, 5) is 32.9. The highest BCUT2D eigenvalue weighted by Crippen LogP contribution is 2.44. The van der Waals surface area contributed by atoms with Crippen LogP contribution in [0.25, 0.3) is 21.7 Å². The Morgan fingerprint density at radius 1 is 0.857 bits per heavy atom. The third-order valence-electron chi connectivity index (χ3n) is 3.71. The predicted molar refractivity (Wildman–Crippen MR) is 106 cm³/mol. The number of halogens is 4. The number of benzene rings is 2. The summed E-state index contributed by atoms with van der Waals surface area (Å²) in [5.41, 5.74) is -0.00488. The monoisotopic (exact) mass is 462 g/mol. The Kier molecular flexibility index (Phi) is 6.05. The van der Waals surface area contributed by atoms with Crippen LogP contribution in [0.5, 0.6) is 11.5 Å². The molecule has 0 fully saturated rings. The molecular formula is C18H10Cl4O6. The number of alkyl halides is 4. The molecule has 10 heteroatoms. The molecule has 0 radical (unpaired) electrons. The molecule has 0 saturated carbocycles. The summed E-state index contributed by atoms with van der Waals surface area (Å²) >= 11 is 22.3. The van der Waals surface area contributed by atoms with E-state index in [0.29, 0.717) is 10.8 Å². The van der Waals surface area contributed by atoms with Gasteiger partial charge in [-0.05, 0) is 6.07 Å². The van der Waals surface area contributed by atoms with Crippen molar-refractivity contribution in [2.45, 2.75) is 16.6 Å². The van der Waals surface area contributed by atoms with E-state index >= 15 is 0 Å². The minimum absolute atomic E-state index is 0.00488. The highest BCUT2D eigenvalue weighted by Gasteiger charge is 2.27. The fraction of sp³-hybridized carbons (Fsp3) is 0.167. The van der Waals surface area contributed by atoms with Crippen LogP contribution in [0, 0.1) is 0 Å². The van der Waals surface area contributed by atoms with Gasteiger partial charge in [0, 0.05) is 17.7 Å². The molecule has 0 atom stereocenters. The molecule has 1 aromatic heterocycles. The van der Waals surface area contributed by atoms with Gasteiger partial charge in [0.2, 0.25) is 9.67 Å². The summed E-state index contributed by atoms with van der Waals surface area (Å²) in [6, 6.07) is 7.91. The lowest BCUT2D eigenvalue weighted by molar-refractivity contribution is -0.133. The van der Waals surface area contributed by atoms with Gasteiger partial charge in [-0.25, -0.2) is 9.59 Å². The number of Topliss-reactive ketones (excluding diaryl/α,β-unsaturated/α-hetero) is 1. The molecule has 146 valence electrons. The summed E-state index contributed by atoms with van der Waals surface area (Å²) in [6.07, 6.45) is 0. The van der Waals surface area contributed by atoms with E-state index < -0.39 is 27.4 Å². The van der Waals surface area contributed by atoms with Gasteiger partial charge >= 0.3 is 11.9 Å². The van der Waals surface area contributed by atoms with Crippen molar-refractivity contribution >= 4 is 85.9 Å². The van der Waals surface area contributed by atoms with Gasteiger partial charge in [0.25, 0.3) is 0 Å². The van der Waals surface area contributed by atoms with Crippen LogP contribution in [0.2, 0.25) is 0 Å².